The van der Waals surface area contributed by atoms with Crippen molar-refractivity contribution >= 4 is 5.82 Å². The van der Waals surface area contributed by atoms with E-state index >= 15 is 0 Å². The van der Waals surface area contributed by atoms with Crippen molar-refractivity contribution in [1.82, 2.24) is 9.97 Å². The first-order chi connectivity index (χ1) is 12.1. The summed E-state index contributed by atoms with van der Waals surface area (Å²) in [4.78, 5) is 11.1. The van der Waals surface area contributed by atoms with Crippen molar-refractivity contribution in [3.8, 4) is 5.75 Å². The molecule has 3 heterocycles. The van der Waals surface area contributed by atoms with E-state index in [1.165, 1.54) is 0 Å². The molecule has 0 amide bonds. The molecule has 6 nitrogen and oxygen atoms in total. The van der Waals surface area contributed by atoms with E-state index in [2.05, 4.69) is 20.9 Å². The summed E-state index contributed by atoms with van der Waals surface area (Å²) in [6.07, 6.45) is 1.69. The fraction of sp³-hybridized carbons (Fsp3) is 0.474. The Balaban J connectivity index is 1.65. The minimum absolute atomic E-state index is 0.0855. The highest BCUT2D eigenvalue weighted by Crippen LogP contribution is 2.33. The lowest BCUT2D eigenvalue weighted by atomic mass is 10.0. The number of rotatable bonds is 3. The number of fused-ring (bicyclic) bond motifs is 2. The molecular weight excluding hydrogens is 318 g/mol. The molecule has 1 N–H and O–H groups in total. The Hall–Kier alpha value is -2.18. The molecule has 1 saturated heterocycles. The molecule has 25 heavy (non-hydrogen) atoms. The van der Waals surface area contributed by atoms with E-state index in [-0.39, 0.29) is 12.2 Å². The van der Waals surface area contributed by atoms with Crippen molar-refractivity contribution in [2.24, 2.45) is 0 Å². The van der Waals surface area contributed by atoms with Gasteiger partial charge in [0.15, 0.2) is 0 Å². The molecule has 2 aromatic rings. The third-order valence-electron chi connectivity index (χ3n) is 4.70. The molecule has 1 aromatic carbocycles. The van der Waals surface area contributed by atoms with E-state index in [1.54, 1.807) is 6.33 Å². The zero-order valence-corrected chi connectivity index (χ0v) is 14.6. The highest BCUT2D eigenvalue weighted by Gasteiger charge is 2.35. The van der Waals surface area contributed by atoms with Gasteiger partial charge < -0.3 is 19.5 Å². The lowest BCUT2D eigenvalue weighted by Crippen LogP contribution is -2.29. The van der Waals surface area contributed by atoms with Crippen LogP contribution in [0.4, 0.5) is 5.82 Å². The van der Waals surface area contributed by atoms with Crippen molar-refractivity contribution in [2.45, 2.75) is 45.2 Å². The lowest BCUT2D eigenvalue weighted by Gasteiger charge is -2.21. The molecule has 0 saturated carbocycles. The first-order valence-electron chi connectivity index (χ1n) is 8.73. The summed E-state index contributed by atoms with van der Waals surface area (Å²) in [6, 6.07) is 8.06. The van der Waals surface area contributed by atoms with Gasteiger partial charge in [-0.2, -0.15) is 0 Å². The highest BCUT2D eigenvalue weighted by atomic mass is 16.5. The number of anilines is 1. The van der Waals surface area contributed by atoms with E-state index in [0.717, 1.165) is 34.8 Å². The second-order valence-electron chi connectivity index (χ2n) is 6.89. The number of β-amino-alcohol motifs (C(OH)–C–C–N with tert-alkyl or cyclic N) is 1. The van der Waals surface area contributed by atoms with E-state index in [0.29, 0.717) is 19.7 Å². The molecule has 0 radical (unpaired) electrons. The zero-order chi connectivity index (χ0) is 17.4. The normalized spacial score (nSPS) is 22.3. The minimum atomic E-state index is -0.512. The van der Waals surface area contributed by atoms with Crippen LogP contribution in [-0.2, 0) is 17.8 Å². The van der Waals surface area contributed by atoms with E-state index in [1.807, 2.05) is 32.0 Å². The number of hydrogen-bond acceptors (Lipinski definition) is 6. The Bertz CT molecular complexity index is 765. The fourth-order valence-corrected chi connectivity index (χ4v) is 3.56. The molecular formula is C19H23N3O3. The summed E-state index contributed by atoms with van der Waals surface area (Å²) in [5.74, 6) is 1.77. The Morgan fingerprint density at radius 2 is 2.08 bits per heavy atom. The number of para-hydroxylation sites is 1. The van der Waals surface area contributed by atoms with Gasteiger partial charge in [0.1, 0.15) is 30.6 Å². The summed E-state index contributed by atoms with van der Waals surface area (Å²) >= 11 is 0. The predicted molar refractivity (Wildman–Crippen MR) is 93.8 cm³/mol. The average Bonchev–Trinajstić information content (AvgIpc) is 2.84. The maximum atomic E-state index is 10.4. The summed E-state index contributed by atoms with van der Waals surface area (Å²) in [5.41, 5.74) is 3.11. The third-order valence-corrected chi connectivity index (χ3v) is 4.70. The van der Waals surface area contributed by atoms with Crippen LogP contribution in [0.1, 0.15) is 30.7 Å². The quantitative estimate of drug-likeness (QED) is 0.920. The van der Waals surface area contributed by atoms with Crippen molar-refractivity contribution < 1.29 is 14.6 Å². The van der Waals surface area contributed by atoms with Crippen LogP contribution in [0.2, 0.25) is 0 Å². The molecule has 1 fully saturated rings. The molecule has 2 aliphatic rings. The topological polar surface area (TPSA) is 67.7 Å². The zero-order valence-electron chi connectivity index (χ0n) is 14.6. The number of aliphatic hydroxyl groups excluding tert-OH is 1. The molecule has 4 rings (SSSR count). The van der Waals surface area contributed by atoms with Gasteiger partial charge in [-0.05, 0) is 25.5 Å². The van der Waals surface area contributed by atoms with E-state index in [9.17, 15) is 5.11 Å². The molecule has 2 aliphatic heterocycles. The summed E-state index contributed by atoms with van der Waals surface area (Å²) in [7, 11) is 0. The number of nitrogens with zero attached hydrogens (tertiary/aromatic N) is 3. The molecule has 132 valence electrons. The van der Waals surface area contributed by atoms with Crippen molar-refractivity contribution in [2.75, 3.05) is 18.0 Å². The van der Waals surface area contributed by atoms with Gasteiger partial charge in [-0.1, -0.05) is 18.2 Å². The van der Waals surface area contributed by atoms with Crippen LogP contribution in [0.25, 0.3) is 0 Å². The molecule has 0 unspecified atom stereocenters. The Labute approximate surface area is 147 Å². The van der Waals surface area contributed by atoms with Gasteiger partial charge in [-0.3, -0.25) is 0 Å². The number of hydrogen-bond donors (Lipinski definition) is 1. The van der Waals surface area contributed by atoms with Crippen LogP contribution in [0.5, 0.6) is 5.75 Å². The van der Waals surface area contributed by atoms with Crippen molar-refractivity contribution in [3.05, 3.63) is 47.4 Å². The number of aliphatic hydroxyl groups is 1. The smallest absolute Gasteiger partial charge is 0.136 e. The highest BCUT2D eigenvalue weighted by molar-refractivity contribution is 5.54. The van der Waals surface area contributed by atoms with Gasteiger partial charge in [0.05, 0.1) is 17.9 Å². The largest absolute Gasteiger partial charge is 0.487 e. The van der Waals surface area contributed by atoms with Gasteiger partial charge >= 0.3 is 0 Å². The molecule has 0 aliphatic carbocycles. The second kappa shape index (κ2) is 6.61. The van der Waals surface area contributed by atoms with Crippen LogP contribution in [0.3, 0.4) is 0 Å². The van der Waals surface area contributed by atoms with Gasteiger partial charge in [-0.25, -0.2) is 9.97 Å². The molecule has 0 bridgehead atoms. The van der Waals surface area contributed by atoms with Crippen molar-refractivity contribution in [1.29, 1.82) is 0 Å². The predicted octanol–water partition coefficient (Wildman–Crippen LogP) is 1.93. The molecule has 6 heteroatoms. The number of ether oxygens (including phenoxy) is 2. The van der Waals surface area contributed by atoms with Gasteiger partial charge in [0.2, 0.25) is 0 Å². The van der Waals surface area contributed by atoms with Gasteiger partial charge in [-0.15, -0.1) is 0 Å². The van der Waals surface area contributed by atoms with Crippen LogP contribution in [-0.4, -0.2) is 46.5 Å². The van der Waals surface area contributed by atoms with E-state index < -0.39 is 6.10 Å². The van der Waals surface area contributed by atoms with Gasteiger partial charge in [0, 0.05) is 25.1 Å². The van der Waals surface area contributed by atoms with Crippen LogP contribution < -0.4 is 9.64 Å². The molecule has 2 atom stereocenters. The lowest BCUT2D eigenvalue weighted by molar-refractivity contribution is -0.0386. The van der Waals surface area contributed by atoms with Crippen molar-refractivity contribution in [3.63, 3.8) is 0 Å². The van der Waals surface area contributed by atoms with Gasteiger partial charge in [0.25, 0.3) is 0 Å². The fourth-order valence-electron chi connectivity index (χ4n) is 3.56. The Kier molecular flexibility index (Phi) is 4.31. The monoisotopic (exact) mass is 341 g/mol. The SMILES string of the molecule is CC(C)O[C@@H]1CN(c2ncnc3c2Cc2ccccc2OC3)C[C@H]1O. The summed E-state index contributed by atoms with van der Waals surface area (Å²) in [5, 5.41) is 10.4. The van der Waals surface area contributed by atoms with Crippen LogP contribution in [0.15, 0.2) is 30.6 Å². The van der Waals surface area contributed by atoms with Crippen LogP contribution in [0, 0.1) is 0 Å². The third kappa shape index (κ3) is 3.19. The Morgan fingerprint density at radius 3 is 2.92 bits per heavy atom. The molecule has 1 aromatic heterocycles. The molecule has 0 spiro atoms. The van der Waals surface area contributed by atoms with E-state index in [4.69, 9.17) is 9.47 Å². The summed E-state index contributed by atoms with van der Waals surface area (Å²) in [6.45, 7) is 5.56. The first-order valence-corrected chi connectivity index (χ1v) is 8.73. The first kappa shape index (κ1) is 16.3. The standard InChI is InChI=1S/C19H23N3O3/c1-12(2)25-18-9-22(8-16(18)23)19-14-7-13-5-3-4-6-17(13)24-10-15(14)20-11-21-19/h3-6,11-12,16,18,23H,7-10H2,1-2H3/t16-,18-/m1/s1. The van der Waals surface area contributed by atoms with Crippen LogP contribution >= 0.6 is 0 Å². The maximum Gasteiger partial charge on any atom is 0.136 e. The Morgan fingerprint density at radius 1 is 1.24 bits per heavy atom. The average molecular weight is 341 g/mol. The second-order valence-corrected chi connectivity index (χ2v) is 6.89. The number of benzene rings is 1. The minimum Gasteiger partial charge on any atom is -0.487 e. The summed E-state index contributed by atoms with van der Waals surface area (Å²) < 4.78 is 11.7. The maximum absolute atomic E-state index is 10.4. The number of aromatic nitrogens is 2.